The standard InChI is InChI=1S/C28H32N2O5/c1-4-14-34-21-12-11-18(15-22(21)33-5-2)25-24-26(31)19-8-6-7-9-20(19)35-27(24)28(32)30(25)23-13-10-17(3)16-29-23/h10-13,15-16,19-20,25H,4-9,14H2,1-3H3. The summed E-state index contributed by atoms with van der Waals surface area (Å²) in [5.74, 6) is 1.41. The van der Waals surface area contributed by atoms with Crippen molar-refractivity contribution in [3.05, 3.63) is 59.0 Å². The highest BCUT2D eigenvalue weighted by molar-refractivity contribution is 6.17. The summed E-state index contributed by atoms with van der Waals surface area (Å²) in [7, 11) is 0. The Labute approximate surface area is 206 Å². The van der Waals surface area contributed by atoms with Gasteiger partial charge in [0.25, 0.3) is 5.91 Å². The van der Waals surface area contributed by atoms with Crippen LogP contribution < -0.4 is 14.4 Å². The molecule has 7 heteroatoms. The molecule has 7 nitrogen and oxygen atoms in total. The highest BCUT2D eigenvalue weighted by atomic mass is 16.5. The summed E-state index contributed by atoms with van der Waals surface area (Å²) in [4.78, 5) is 33.7. The van der Waals surface area contributed by atoms with Crippen molar-refractivity contribution in [3.8, 4) is 11.5 Å². The summed E-state index contributed by atoms with van der Waals surface area (Å²) < 4.78 is 18.0. The van der Waals surface area contributed by atoms with Crippen LogP contribution in [-0.2, 0) is 14.3 Å². The molecule has 1 amide bonds. The van der Waals surface area contributed by atoms with Gasteiger partial charge in [-0.2, -0.15) is 0 Å². The number of hydrogen-bond acceptors (Lipinski definition) is 6. The molecule has 2 aliphatic heterocycles. The van der Waals surface area contributed by atoms with Crippen LogP contribution in [0.5, 0.6) is 11.5 Å². The van der Waals surface area contributed by atoms with Gasteiger partial charge in [0, 0.05) is 6.20 Å². The Hall–Kier alpha value is -3.35. The predicted molar refractivity (Wildman–Crippen MR) is 131 cm³/mol. The molecule has 3 atom stereocenters. The third-order valence-corrected chi connectivity index (χ3v) is 6.95. The van der Waals surface area contributed by atoms with Crippen LogP contribution in [0.15, 0.2) is 47.9 Å². The number of aromatic nitrogens is 1. The second-order valence-corrected chi connectivity index (χ2v) is 9.41. The molecule has 0 bridgehead atoms. The first-order valence-corrected chi connectivity index (χ1v) is 12.6. The van der Waals surface area contributed by atoms with Gasteiger partial charge in [-0.25, -0.2) is 4.98 Å². The topological polar surface area (TPSA) is 78.0 Å². The summed E-state index contributed by atoms with van der Waals surface area (Å²) in [5.41, 5.74) is 2.19. The van der Waals surface area contributed by atoms with Crippen molar-refractivity contribution < 1.29 is 23.8 Å². The molecule has 1 aromatic carbocycles. The van der Waals surface area contributed by atoms with Gasteiger partial charge in [-0.15, -0.1) is 0 Å². The van der Waals surface area contributed by atoms with Gasteiger partial charge in [-0.1, -0.05) is 25.5 Å². The number of carbonyl (C=O) groups is 2. The summed E-state index contributed by atoms with van der Waals surface area (Å²) in [6.45, 7) is 6.96. The van der Waals surface area contributed by atoms with E-state index in [1.54, 1.807) is 11.1 Å². The third kappa shape index (κ3) is 4.17. The van der Waals surface area contributed by atoms with E-state index in [1.165, 1.54) is 0 Å². The lowest BCUT2D eigenvalue weighted by Gasteiger charge is -2.35. The Morgan fingerprint density at radius 1 is 1.06 bits per heavy atom. The Kier molecular flexibility index (Phi) is 6.50. The highest BCUT2D eigenvalue weighted by Gasteiger charge is 2.52. The maximum Gasteiger partial charge on any atom is 0.295 e. The zero-order chi connectivity index (χ0) is 24.5. The predicted octanol–water partition coefficient (Wildman–Crippen LogP) is 5.08. The van der Waals surface area contributed by atoms with Gasteiger partial charge >= 0.3 is 0 Å². The lowest BCUT2D eigenvalue weighted by molar-refractivity contribution is -0.131. The first-order valence-electron chi connectivity index (χ1n) is 12.6. The maximum atomic E-state index is 13.8. The fourth-order valence-electron chi connectivity index (χ4n) is 5.29. The van der Waals surface area contributed by atoms with Crippen molar-refractivity contribution in [2.45, 2.75) is 65.0 Å². The van der Waals surface area contributed by atoms with Gasteiger partial charge in [0.05, 0.1) is 30.7 Å². The second-order valence-electron chi connectivity index (χ2n) is 9.41. The minimum atomic E-state index is -0.637. The number of pyridine rings is 1. The Morgan fingerprint density at radius 3 is 2.63 bits per heavy atom. The molecule has 3 heterocycles. The lowest BCUT2D eigenvalue weighted by Crippen LogP contribution is -2.39. The molecule has 5 rings (SSSR count). The van der Waals surface area contributed by atoms with Crippen LogP contribution in [0.4, 0.5) is 5.82 Å². The minimum Gasteiger partial charge on any atom is -0.490 e. The number of ketones is 1. The van der Waals surface area contributed by atoms with Crippen LogP contribution >= 0.6 is 0 Å². The molecule has 0 saturated heterocycles. The third-order valence-electron chi connectivity index (χ3n) is 6.95. The van der Waals surface area contributed by atoms with Gasteiger partial charge in [-0.05, 0) is 68.9 Å². The molecule has 184 valence electrons. The molecular weight excluding hydrogens is 444 g/mol. The first-order chi connectivity index (χ1) is 17.0. The fourth-order valence-corrected chi connectivity index (χ4v) is 5.29. The maximum absolute atomic E-state index is 13.8. The van der Waals surface area contributed by atoms with Crippen molar-refractivity contribution in [1.29, 1.82) is 0 Å². The van der Waals surface area contributed by atoms with Crippen LogP contribution in [0.2, 0.25) is 0 Å². The van der Waals surface area contributed by atoms with Crippen molar-refractivity contribution in [2.24, 2.45) is 5.92 Å². The molecule has 35 heavy (non-hydrogen) atoms. The van der Waals surface area contributed by atoms with E-state index in [9.17, 15) is 9.59 Å². The SMILES string of the molecule is CCCOc1ccc(C2C3=C(OC4CCCCC4C3=O)C(=O)N2c2ccc(C)cn2)cc1OCC. The molecule has 0 N–H and O–H groups in total. The zero-order valence-corrected chi connectivity index (χ0v) is 20.6. The molecule has 1 saturated carbocycles. The molecule has 3 unspecified atom stereocenters. The lowest BCUT2D eigenvalue weighted by atomic mass is 9.77. The van der Waals surface area contributed by atoms with Crippen LogP contribution in [0.25, 0.3) is 0 Å². The van der Waals surface area contributed by atoms with E-state index in [2.05, 4.69) is 4.98 Å². The number of carbonyl (C=O) groups excluding carboxylic acids is 2. The number of ether oxygens (including phenoxy) is 3. The number of rotatable bonds is 7. The van der Waals surface area contributed by atoms with Crippen molar-refractivity contribution in [1.82, 2.24) is 4.98 Å². The molecule has 0 spiro atoms. The van der Waals surface area contributed by atoms with Crippen molar-refractivity contribution in [2.75, 3.05) is 18.1 Å². The van der Waals surface area contributed by atoms with E-state index < -0.39 is 6.04 Å². The summed E-state index contributed by atoms with van der Waals surface area (Å²) in [5, 5.41) is 0. The number of benzene rings is 1. The van der Waals surface area contributed by atoms with E-state index in [-0.39, 0.29) is 29.5 Å². The van der Waals surface area contributed by atoms with E-state index in [4.69, 9.17) is 14.2 Å². The number of hydrogen-bond donors (Lipinski definition) is 0. The average Bonchev–Trinajstić information content (AvgIpc) is 3.16. The van der Waals surface area contributed by atoms with Crippen LogP contribution in [-0.4, -0.2) is 36.0 Å². The second kappa shape index (κ2) is 9.72. The average molecular weight is 477 g/mol. The van der Waals surface area contributed by atoms with Crippen LogP contribution in [0.1, 0.15) is 63.1 Å². The number of fused-ring (bicyclic) bond motifs is 1. The molecule has 1 aliphatic carbocycles. The van der Waals surface area contributed by atoms with Gasteiger partial charge in [0.1, 0.15) is 11.9 Å². The number of anilines is 1. The Morgan fingerprint density at radius 2 is 1.89 bits per heavy atom. The van der Waals surface area contributed by atoms with Crippen molar-refractivity contribution >= 4 is 17.5 Å². The summed E-state index contributed by atoms with van der Waals surface area (Å²) in [6.07, 6.45) is 5.97. The monoisotopic (exact) mass is 476 g/mol. The minimum absolute atomic E-state index is 0.0215. The summed E-state index contributed by atoms with van der Waals surface area (Å²) >= 11 is 0. The summed E-state index contributed by atoms with van der Waals surface area (Å²) in [6, 6.07) is 8.74. The van der Waals surface area contributed by atoms with Crippen LogP contribution in [0, 0.1) is 12.8 Å². The van der Waals surface area contributed by atoms with Gasteiger partial charge in [0.2, 0.25) is 0 Å². The Bertz CT molecular complexity index is 1160. The van der Waals surface area contributed by atoms with Gasteiger partial charge < -0.3 is 14.2 Å². The number of amides is 1. The van der Waals surface area contributed by atoms with Crippen LogP contribution in [0.3, 0.4) is 0 Å². The molecule has 0 radical (unpaired) electrons. The molecule has 1 aromatic heterocycles. The van der Waals surface area contributed by atoms with E-state index in [0.29, 0.717) is 36.1 Å². The van der Waals surface area contributed by atoms with E-state index in [0.717, 1.165) is 43.2 Å². The zero-order valence-electron chi connectivity index (χ0n) is 20.6. The van der Waals surface area contributed by atoms with E-state index in [1.807, 2.05) is 51.1 Å². The van der Waals surface area contributed by atoms with E-state index >= 15 is 0 Å². The van der Waals surface area contributed by atoms with Crippen molar-refractivity contribution in [3.63, 3.8) is 0 Å². The normalized spacial score (nSPS) is 23.6. The smallest absolute Gasteiger partial charge is 0.295 e. The first kappa shape index (κ1) is 23.4. The molecule has 1 fully saturated rings. The highest BCUT2D eigenvalue weighted by Crippen LogP contribution is 2.49. The van der Waals surface area contributed by atoms with Gasteiger partial charge in [-0.3, -0.25) is 14.5 Å². The largest absolute Gasteiger partial charge is 0.490 e. The molecular formula is C28H32N2O5. The number of aryl methyl sites for hydroxylation is 1. The quantitative estimate of drug-likeness (QED) is 0.555. The number of nitrogens with zero attached hydrogens (tertiary/aromatic N) is 2. The number of Topliss-reactive ketones (excluding diaryl/α,β-unsaturated/α-hetero) is 1. The fraction of sp³-hybridized carbons (Fsp3) is 0.464. The Balaban J connectivity index is 1.63. The van der Waals surface area contributed by atoms with Gasteiger partial charge in [0.15, 0.2) is 23.0 Å². The molecule has 3 aliphatic rings. The molecule has 2 aromatic rings.